The van der Waals surface area contributed by atoms with Gasteiger partial charge in [0.2, 0.25) is 5.91 Å². The average molecular weight is 186 g/mol. The SMILES string of the molecule is CC(=O)N(C)C1=NC(C)(C)CS1. The maximum absolute atomic E-state index is 11.0. The Labute approximate surface area is 77.2 Å². The molecule has 0 aromatic carbocycles. The molecule has 1 aliphatic rings. The van der Waals surface area contributed by atoms with Gasteiger partial charge in [-0.05, 0) is 13.8 Å². The van der Waals surface area contributed by atoms with Crippen LogP contribution in [0.25, 0.3) is 0 Å². The minimum atomic E-state index is -0.0102. The monoisotopic (exact) mass is 186 g/mol. The van der Waals surface area contributed by atoms with Crippen molar-refractivity contribution in [1.29, 1.82) is 0 Å². The van der Waals surface area contributed by atoms with E-state index in [0.717, 1.165) is 10.9 Å². The lowest BCUT2D eigenvalue weighted by molar-refractivity contribution is -0.124. The van der Waals surface area contributed by atoms with Gasteiger partial charge in [0.1, 0.15) is 0 Å². The van der Waals surface area contributed by atoms with Crippen LogP contribution in [-0.2, 0) is 4.79 Å². The van der Waals surface area contributed by atoms with Gasteiger partial charge in [-0.1, -0.05) is 11.8 Å². The molecule has 68 valence electrons. The van der Waals surface area contributed by atoms with E-state index in [1.54, 1.807) is 30.6 Å². The lowest BCUT2D eigenvalue weighted by atomic mass is 10.1. The Balaban J connectivity index is 2.73. The predicted molar refractivity (Wildman–Crippen MR) is 52.4 cm³/mol. The summed E-state index contributed by atoms with van der Waals surface area (Å²) in [5.74, 6) is 0.999. The van der Waals surface area contributed by atoms with Crippen molar-refractivity contribution in [2.24, 2.45) is 4.99 Å². The first-order valence-electron chi connectivity index (χ1n) is 3.89. The second-order valence-electron chi connectivity index (χ2n) is 3.57. The van der Waals surface area contributed by atoms with Crippen molar-refractivity contribution in [1.82, 2.24) is 4.90 Å². The van der Waals surface area contributed by atoms with Crippen LogP contribution in [0.4, 0.5) is 0 Å². The van der Waals surface area contributed by atoms with Gasteiger partial charge in [-0.2, -0.15) is 0 Å². The maximum Gasteiger partial charge on any atom is 0.225 e. The topological polar surface area (TPSA) is 32.7 Å². The summed E-state index contributed by atoms with van der Waals surface area (Å²) in [5, 5.41) is 0.840. The number of hydrogen-bond acceptors (Lipinski definition) is 3. The summed E-state index contributed by atoms with van der Waals surface area (Å²) < 4.78 is 0. The molecule has 12 heavy (non-hydrogen) atoms. The second kappa shape index (κ2) is 3.09. The Morgan fingerprint density at radius 1 is 1.67 bits per heavy atom. The number of carbonyl (C=O) groups is 1. The Bertz CT molecular complexity index is 235. The van der Waals surface area contributed by atoms with Gasteiger partial charge in [0, 0.05) is 19.7 Å². The molecule has 0 atom stereocenters. The van der Waals surface area contributed by atoms with Gasteiger partial charge in [-0.15, -0.1) is 0 Å². The fourth-order valence-corrected chi connectivity index (χ4v) is 2.05. The molecule has 0 N–H and O–H groups in total. The van der Waals surface area contributed by atoms with E-state index in [2.05, 4.69) is 18.8 Å². The summed E-state index contributed by atoms with van der Waals surface area (Å²) in [7, 11) is 1.76. The van der Waals surface area contributed by atoms with Gasteiger partial charge < -0.3 is 0 Å². The molecule has 0 radical (unpaired) electrons. The van der Waals surface area contributed by atoms with Crippen LogP contribution in [0, 0.1) is 0 Å². The zero-order chi connectivity index (χ0) is 9.35. The number of carbonyl (C=O) groups excluding carboxylic acids is 1. The molecule has 1 aliphatic heterocycles. The predicted octanol–water partition coefficient (Wildman–Crippen LogP) is 1.35. The Hall–Kier alpha value is -0.510. The average Bonchev–Trinajstić information content (AvgIpc) is 2.28. The number of nitrogens with zero attached hydrogens (tertiary/aromatic N) is 2. The summed E-state index contributed by atoms with van der Waals surface area (Å²) >= 11 is 1.64. The molecule has 1 rings (SSSR count). The number of thioether (sulfide) groups is 1. The molecular formula is C8H14N2OS. The van der Waals surface area contributed by atoms with Crippen LogP contribution in [0.15, 0.2) is 4.99 Å². The molecule has 3 nitrogen and oxygen atoms in total. The van der Waals surface area contributed by atoms with Crippen molar-refractivity contribution in [3.8, 4) is 0 Å². The van der Waals surface area contributed by atoms with Crippen LogP contribution in [0.1, 0.15) is 20.8 Å². The molecule has 0 saturated heterocycles. The second-order valence-corrected chi connectivity index (χ2v) is 4.52. The van der Waals surface area contributed by atoms with Gasteiger partial charge in [-0.25, -0.2) is 0 Å². The summed E-state index contributed by atoms with van der Waals surface area (Å²) in [6.07, 6.45) is 0. The highest BCUT2D eigenvalue weighted by atomic mass is 32.2. The number of amidine groups is 1. The quantitative estimate of drug-likeness (QED) is 0.572. The third-order valence-corrected chi connectivity index (χ3v) is 3.19. The van der Waals surface area contributed by atoms with Crippen molar-refractivity contribution in [3.63, 3.8) is 0 Å². The molecule has 0 aliphatic carbocycles. The molecule has 1 amide bonds. The van der Waals surface area contributed by atoms with E-state index in [9.17, 15) is 4.79 Å². The van der Waals surface area contributed by atoms with Crippen molar-refractivity contribution in [2.75, 3.05) is 12.8 Å². The maximum atomic E-state index is 11.0. The molecule has 0 aromatic heterocycles. The fraction of sp³-hybridized carbons (Fsp3) is 0.750. The lowest BCUT2D eigenvalue weighted by Crippen LogP contribution is -2.28. The third-order valence-electron chi connectivity index (χ3n) is 1.71. The Morgan fingerprint density at radius 2 is 2.25 bits per heavy atom. The summed E-state index contributed by atoms with van der Waals surface area (Å²) in [5.41, 5.74) is -0.0102. The largest absolute Gasteiger partial charge is 0.295 e. The van der Waals surface area contributed by atoms with Crippen LogP contribution in [0.3, 0.4) is 0 Å². The smallest absolute Gasteiger partial charge is 0.225 e. The minimum absolute atomic E-state index is 0.0102. The molecule has 4 heteroatoms. The molecule has 0 bridgehead atoms. The zero-order valence-electron chi connectivity index (χ0n) is 7.92. The first-order valence-corrected chi connectivity index (χ1v) is 4.88. The molecule has 0 unspecified atom stereocenters. The van der Waals surface area contributed by atoms with Gasteiger partial charge in [-0.3, -0.25) is 14.7 Å². The van der Waals surface area contributed by atoms with Crippen LogP contribution in [0.2, 0.25) is 0 Å². The first kappa shape index (κ1) is 9.58. The van der Waals surface area contributed by atoms with Crippen LogP contribution in [-0.4, -0.2) is 34.3 Å². The number of hydrogen-bond donors (Lipinski definition) is 0. The van der Waals surface area contributed by atoms with Crippen molar-refractivity contribution in [2.45, 2.75) is 26.3 Å². The van der Waals surface area contributed by atoms with Gasteiger partial charge in [0.15, 0.2) is 5.17 Å². The molecular weight excluding hydrogens is 172 g/mol. The standard InChI is InChI=1S/C8H14N2OS/c1-6(11)10(4)7-9-8(2,3)5-12-7/h5H2,1-4H3. The van der Waals surface area contributed by atoms with Crippen LogP contribution in [0.5, 0.6) is 0 Å². The highest BCUT2D eigenvalue weighted by Gasteiger charge is 2.28. The molecule has 0 aromatic rings. The van der Waals surface area contributed by atoms with E-state index in [-0.39, 0.29) is 11.4 Å². The van der Waals surface area contributed by atoms with Gasteiger partial charge in [0.05, 0.1) is 5.54 Å². The van der Waals surface area contributed by atoms with Crippen molar-refractivity contribution < 1.29 is 4.79 Å². The molecule has 0 saturated carbocycles. The van der Waals surface area contributed by atoms with E-state index in [1.165, 1.54) is 0 Å². The van der Waals surface area contributed by atoms with Crippen molar-refractivity contribution in [3.05, 3.63) is 0 Å². The van der Waals surface area contributed by atoms with E-state index in [4.69, 9.17) is 0 Å². The normalized spacial score (nSPS) is 20.5. The van der Waals surface area contributed by atoms with Crippen molar-refractivity contribution >= 4 is 22.8 Å². The lowest BCUT2D eigenvalue weighted by Gasteiger charge is -2.13. The summed E-state index contributed by atoms with van der Waals surface area (Å²) in [4.78, 5) is 17.0. The zero-order valence-corrected chi connectivity index (χ0v) is 8.73. The molecule has 0 fully saturated rings. The van der Waals surface area contributed by atoms with E-state index < -0.39 is 0 Å². The van der Waals surface area contributed by atoms with E-state index in [1.807, 2.05) is 0 Å². The van der Waals surface area contributed by atoms with Crippen LogP contribution >= 0.6 is 11.8 Å². The highest BCUT2D eigenvalue weighted by Crippen LogP contribution is 2.27. The van der Waals surface area contributed by atoms with Gasteiger partial charge >= 0.3 is 0 Å². The minimum Gasteiger partial charge on any atom is -0.295 e. The first-order chi connectivity index (χ1) is 5.42. The number of amides is 1. The number of rotatable bonds is 0. The highest BCUT2D eigenvalue weighted by molar-refractivity contribution is 8.14. The molecule has 0 spiro atoms. The van der Waals surface area contributed by atoms with Crippen LogP contribution < -0.4 is 0 Å². The Kier molecular flexibility index (Phi) is 2.46. The fourth-order valence-electron chi connectivity index (χ4n) is 0.871. The molecule has 1 heterocycles. The third kappa shape index (κ3) is 2.00. The summed E-state index contributed by atoms with van der Waals surface area (Å²) in [6, 6.07) is 0. The number of aliphatic imine (C=N–C) groups is 1. The Morgan fingerprint density at radius 3 is 2.58 bits per heavy atom. The summed E-state index contributed by atoms with van der Waals surface area (Å²) in [6.45, 7) is 5.69. The van der Waals surface area contributed by atoms with E-state index >= 15 is 0 Å². The van der Waals surface area contributed by atoms with E-state index in [0.29, 0.717) is 0 Å². The van der Waals surface area contributed by atoms with Gasteiger partial charge in [0.25, 0.3) is 0 Å².